The van der Waals surface area contributed by atoms with E-state index < -0.39 is 0 Å². The normalized spacial score (nSPS) is 16.1. The van der Waals surface area contributed by atoms with Crippen molar-refractivity contribution in [1.82, 2.24) is 4.90 Å². The van der Waals surface area contributed by atoms with Crippen LogP contribution in [0.25, 0.3) is 0 Å². The van der Waals surface area contributed by atoms with Crippen molar-refractivity contribution in [1.29, 1.82) is 0 Å². The van der Waals surface area contributed by atoms with Crippen LogP contribution in [0.4, 0.5) is 0 Å². The van der Waals surface area contributed by atoms with Gasteiger partial charge in [0, 0.05) is 17.9 Å². The molecule has 0 heterocycles. The largest absolute Gasteiger partial charge is 0.335 e. The van der Waals surface area contributed by atoms with Gasteiger partial charge in [0.25, 0.3) is 5.91 Å². The number of halogens is 3. The standard InChI is InChI=1S/C15H18BrCl2NO/c16-9-10-19(11-5-2-1-3-6-11)15(20)12-7-4-8-13(17)14(12)18/h4,7-8,11H,1-3,5-6,9-10H2. The number of alkyl halides is 1. The maximum atomic E-state index is 12.8. The number of hydrogen-bond donors (Lipinski definition) is 0. The van der Waals surface area contributed by atoms with Crippen molar-refractivity contribution in [2.45, 2.75) is 38.1 Å². The first-order chi connectivity index (χ1) is 9.65. The van der Waals surface area contributed by atoms with Gasteiger partial charge in [-0.15, -0.1) is 0 Å². The summed E-state index contributed by atoms with van der Waals surface area (Å²) >= 11 is 15.6. The van der Waals surface area contributed by atoms with Gasteiger partial charge in [0.05, 0.1) is 15.6 Å². The molecule has 1 aliphatic rings. The van der Waals surface area contributed by atoms with E-state index in [4.69, 9.17) is 23.2 Å². The Labute approximate surface area is 138 Å². The number of nitrogens with zero attached hydrogens (tertiary/aromatic N) is 1. The van der Waals surface area contributed by atoms with Gasteiger partial charge >= 0.3 is 0 Å². The molecule has 5 heteroatoms. The summed E-state index contributed by atoms with van der Waals surface area (Å²) in [5, 5.41) is 1.56. The molecule has 0 spiro atoms. The summed E-state index contributed by atoms with van der Waals surface area (Å²) in [5.41, 5.74) is 0.505. The van der Waals surface area contributed by atoms with Crippen LogP contribution in [0, 0.1) is 0 Å². The molecule has 20 heavy (non-hydrogen) atoms. The van der Waals surface area contributed by atoms with Gasteiger partial charge in [-0.3, -0.25) is 4.79 Å². The fourth-order valence-electron chi connectivity index (χ4n) is 2.76. The highest BCUT2D eigenvalue weighted by atomic mass is 79.9. The molecule has 2 nitrogen and oxygen atoms in total. The van der Waals surface area contributed by atoms with E-state index in [9.17, 15) is 4.79 Å². The molecule has 1 fully saturated rings. The zero-order valence-corrected chi connectivity index (χ0v) is 14.3. The lowest BCUT2D eigenvalue weighted by Gasteiger charge is -2.34. The Bertz CT molecular complexity index is 475. The first-order valence-electron chi connectivity index (χ1n) is 6.96. The highest BCUT2D eigenvalue weighted by Crippen LogP contribution is 2.29. The predicted octanol–water partition coefficient (Wildman–Crippen LogP) is 5.16. The Morgan fingerprint density at radius 2 is 1.95 bits per heavy atom. The zero-order chi connectivity index (χ0) is 14.5. The SMILES string of the molecule is O=C(c1cccc(Cl)c1Cl)N(CCBr)C1CCCCC1. The van der Waals surface area contributed by atoms with Gasteiger partial charge in [-0.05, 0) is 25.0 Å². The number of carbonyl (C=O) groups excluding carboxylic acids is 1. The minimum atomic E-state index is -0.0103. The number of amides is 1. The third-order valence-corrected chi connectivity index (χ3v) is 4.96. The molecule has 1 aromatic carbocycles. The van der Waals surface area contributed by atoms with Crippen LogP contribution in [-0.2, 0) is 0 Å². The van der Waals surface area contributed by atoms with Crippen molar-refractivity contribution in [2.75, 3.05) is 11.9 Å². The average molecular weight is 379 g/mol. The number of rotatable bonds is 4. The maximum absolute atomic E-state index is 12.8. The van der Waals surface area contributed by atoms with Crippen LogP contribution in [0.15, 0.2) is 18.2 Å². The molecule has 0 N–H and O–H groups in total. The third-order valence-electron chi connectivity index (χ3n) is 3.78. The topological polar surface area (TPSA) is 20.3 Å². The van der Waals surface area contributed by atoms with Crippen molar-refractivity contribution < 1.29 is 4.79 Å². The Balaban J connectivity index is 2.23. The van der Waals surface area contributed by atoms with Crippen molar-refractivity contribution in [3.05, 3.63) is 33.8 Å². The molecule has 0 saturated heterocycles. The molecule has 110 valence electrons. The van der Waals surface area contributed by atoms with Crippen LogP contribution >= 0.6 is 39.1 Å². The Kier molecular flexibility index (Phi) is 6.19. The Hall–Kier alpha value is -0.250. The lowest BCUT2D eigenvalue weighted by molar-refractivity contribution is 0.0651. The maximum Gasteiger partial charge on any atom is 0.255 e. The van der Waals surface area contributed by atoms with E-state index >= 15 is 0 Å². The third kappa shape index (κ3) is 3.69. The van der Waals surface area contributed by atoms with Gasteiger partial charge < -0.3 is 4.90 Å². The molecule has 0 aromatic heterocycles. The van der Waals surface area contributed by atoms with E-state index in [1.165, 1.54) is 19.3 Å². The predicted molar refractivity (Wildman–Crippen MR) is 88.2 cm³/mol. The summed E-state index contributed by atoms with van der Waals surface area (Å²) in [6.45, 7) is 0.701. The van der Waals surface area contributed by atoms with E-state index in [0.717, 1.165) is 18.2 Å². The number of carbonyl (C=O) groups is 1. The summed E-state index contributed by atoms with van der Waals surface area (Å²) in [6, 6.07) is 5.55. The molecule has 0 unspecified atom stereocenters. The van der Waals surface area contributed by atoms with Crippen molar-refractivity contribution in [3.63, 3.8) is 0 Å². The van der Waals surface area contributed by atoms with Crippen LogP contribution < -0.4 is 0 Å². The second-order valence-corrected chi connectivity index (χ2v) is 6.66. The van der Waals surface area contributed by atoms with E-state index in [1.807, 2.05) is 4.90 Å². The fourth-order valence-corrected chi connectivity index (χ4v) is 3.52. The molecule has 2 rings (SSSR count). The first kappa shape index (κ1) is 16.1. The summed E-state index contributed by atoms with van der Waals surface area (Å²) in [5.74, 6) is -0.0103. The molecule has 0 atom stereocenters. The Morgan fingerprint density at radius 1 is 1.25 bits per heavy atom. The molecule has 1 aromatic rings. The minimum Gasteiger partial charge on any atom is -0.335 e. The summed E-state index contributed by atoms with van der Waals surface area (Å²) < 4.78 is 0. The van der Waals surface area contributed by atoms with Gasteiger partial charge in [0.2, 0.25) is 0 Å². The van der Waals surface area contributed by atoms with Crippen LogP contribution in [0.1, 0.15) is 42.5 Å². The van der Waals surface area contributed by atoms with E-state index in [2.05, 4.69) is 15.9 Å². The minimum absolute atomic E-state index is 0.0103. The van der Waals surface area contributed by atoms with Crippen LogP contribution in [0.3, 0.4) is 0 Å². The van der Waals surface area contributed by atoms with Gasteiger partial charge in [-0.25, -0.2) is 0 Å². The van der Waals surface area contributed by atoms with Gasteiger partial charge in [-0.1, -0.05) is 64.5 Å². The van der Waals surface area contributed by atoms with Crippen molar-refractivity contribution in [3.8, 4) is 0 Å². The van der Waals surface area contributed by atoms with Gasteiger partial charge in [-0.2, -0.15) is 0 Å². The lowest BCUT2D eigenvalue weighted by atomic mass is 9.93. The summed E-state index contributed by atoms with van der Waals surface area (Å²) in [7, 11) is 0. The van der Waals surface area contributed by atoms with Crippen LogP contribution in [0.2, 0.25) is 10.0 Å². The van der Waals surface area contributed by atoms with Crippen molar-refractivity contribution >= 4 is 45.0 Å². The zero-order valence-electron chi connectivity index (χ0n) is 11.2. The van der Waals surface area contributed by atoms with Crippen LogP contribution in [0.5, 0.6) is 0 Å². The molecule has 0 radical (unpaired) electrons. The van der Waals surface area contributed by atoms with Crippen molar-refractivity contribution in [2.24, 2.45) is 0 Å². The first-order valence-corrected chi connectivity index (χ1v) is 8.84. The van der Waals surface area contributed by atoms with Gasteiger partial charge in [0.15, 0.2) is 0 Å². The molecule has 0 bridgehead atoms. The second kappa shape index (κ2) is 7.67. The highest BCUT2D eigenvalue weighted by molar-refractivity contribution is 9.09. The molecule has 0 aliphatic heterocycles. The smallest absolute Gasteiger partial charge is 0.255 e. The lowest BCUT2D eigenvalue weighted by Crippen LogP contribution is -2.42. The second-order valence-electron chi connectivity index (χ2n) is 5.08. The highest BCUT2D eigenvalue weighted by Gasteiger charge is 2.27. The van der Waals surface area contributed by atoms with Gasteiger partial charge in [0.1, 0.15) is 0 Å². The summed E-state index contributed by atoms with van der Waals surface area (Å²) in [4.78, 5) is 14.7. The van der Waals surface area contributed by atoms with E-state index in [-0.39, 0.29) is 5.91 Å². The quantitative estimate of drug-likeness (QED) is 0.662. The van der Waals surface area contributed by atoms with Crippen LogP contribution in [-0.4, -0.2) is 28.7 Å². The van der Waals surface area contributed by atoms with E-state index in [0.29, 0.717) is 28.2 Å². The summed E-state index contributed by atoms with van der Waals surface area (Å²) in [6.07, 6.45) is 5.82. The fraction of sp³-hybridized carbons (Fsp3) is 0.533. The Morgan fingerprint density at radius 3 is 2.60 bits per heavy atom. The monoisotopic (exact) mass is 377 g/mol. The molecule has 1 aliphatic carbocycles. The number of benzene rings is 1. The molecular weight excluding hydrogens is 361 g/mol. The molecule has 1 saturated carbocycles. The van der Waals surface area contributed by atoms with E-state index in [1.54, 1.807) is 18.2 Å². The molecular formula is C15H18BrCl2NO. The average Bonchev–Trinajstić information content (AvgIpc) is 2.48. The number of hydrogen-bond acceptors (Lipinski definition) is 1. The molecule has 1 amide bonds.